The lowest BCUT2D eigenvalue weighted by Gasteiger charge is -2.50. The molecule has 1 aromatic carbocycles. The van der Waals surface area contributed by atoms with Crippen molar-refractivity contribution in [3.8, 4) is 17.0 Å². The maximum absolute atomic E-state index is 15.1. The summed E-state index contributed by atoms with van der Waals surface area (Å²) >= 11 is 0. The minimum Gasteiger partial charge on any atom is -0.494 e. The molecule has 0 bridgehead atoms. The van der Waals surface area contributed by atoms with Crippen molar-refractivity contribution in [1.29, 1.82) is 0 Å². The molecule has 4 atom stereocenters. The molecule has 3 aromatic heterocycles. The molecule has 6 rings (SSSR count). The Bertz CT molecular complexity index is 1670. The van der Waals surface area contributed by atoms with Crippen LogP contribution in [0.25, 0.3) is 22.4 Å². The van der Waals surface area contributed by atoms with Crippen LogP contribution in [0.15, 0.2) is 37.1 Å². The van der Waals surface area contributed by atoms with Gasteiger partial charge in [-0.3, -0.25) is 4.98 Å². The second-order valence-electron chi connectivity index (χ2n) is 10.6. The van der Waals surface area contributed by atoms with Gasteiger partial charge >= 0.3 is 0 Å². The van der Waals surface area contributed by atoms with Crippen LogP contribution in [0.3, 0.4) is 0 Å². The molecule has 0 spiro atoms. The summed E-state index contributed by atoms with van der Waals surface area (Å²) in [7, 11) is 2.60. The van der Waals surface area contributed by atoms with Gasteiger partial charge in [0.05, 0.1) is 55.2 Å². The molecule has 1 aliphatic carbocycles. The number of hydrogen-bond donors (Lipinski definition) is 3. The summed E-state index contributed by atoms with van der Waals surface area (Å²) in [5.74, 6) is -5.12. The van der Waals surface area contributed by atoms with Gasteiger partial charge in [0.25, 0.3) is 5.92 Å². The highest BCUT2D eigenvalue weighted by atomic mass is 19.3. The minimum atomic E-state index is -3.47. The van der Waals surface area contributed by atoms with Crippen molar-refractivity contribution in [2.24, 2.45) is 5.73 Å². The third-order valence-electron chi connectivity index (χ3n) is 8.33. The number of benzene rings is 1. The Balaban J connectivity index is 1.50. The molecule has 4 heterocycles. The summed E-state index contributed by atoms with van der Waals surface area (Å²) in [6.07, 6.45) is 0.731. The number of anilines is 2. The van der Waals surface area contributed by atoms with E-state index in [9.17, 15) is 18.3 Å². The third kappa shape index (κ3) is 4.22. The standard InChI is InChI=1S/C27H28F4N8O3/c1-41-19-7-15(28)14(6-16(19)29)17-5-13(10-38-12-37-22-23(32)35-11-36-24(22)38)18(9-34-17)39-4-3-21(42-2)27(33)20(39)8-26(30,31)25(27)40/h5-7,9,11-12,20-21,25,40H,3-4,8,10,33H2,1-2H3,(H2,32,35,36)/t20?,21?,25-,27-/m0/s1. The predicted molar refractivity (Wildman–Crippen MR) is 144 cm³/mol. The summed E-state index contributed by atoms with van der Waals surface area (Å²) in [4.78, 5) is 18.6. The number of aromatic nitrogens is 5. The van der Waals surface area contributed by atoms with Crippen LogP contribution in [-0.2, 0) is 11.3 Å². The van der Waals surface area contributed by atoms with Crippen molar-refractivity contribution in [2.45, 2.75) is 49.1 Å². The fourth-order valence-corrected chi connectivity index (χ4v) is 6.24. The number of imidazole rings is 1. The number of pyridine rings is 1. The molecular formula is C27H28F4N8O3. The Morgan fingerprint density at radius 3 is 2.62 bits per heavy atom. The second-order valence-corrected chi connectivity index (χ2v) is 10.6. The smallest absolute Gasteiger partial charge is 0.277 e. The highest BCUT2D eigenvalue weighted by Gasteiger charge is 2.68. The zero-order valence-electron chi connectivity index (χ0n) is 22.6. The molecule has 2 fully saturated rings. The van der Waals surface area contributed by atoms with E-state index in [1.807, 2.05) is 0 Å². The van der Waals surface area contributed by atoms with Gasteiger partial charge in [-0.25, -0.2) is 32.5 Å². The van der Waals surface area contributed by atoms with Crippen molar-refractivity contribution in [1.82, 2.24) is 24.5 Å². The van der Waals surface area contributed by atoms with Gasteiger partial charge in [0.2, 0.25) is 0 Å². The molecule has 1 aliphatic heterocycles. The molecule has 4 aromatic rings. The van der Waals surface area contributed by atoms with Gasteiger partial charge in [0.15, 0.2) is 23.0 Å². The van der Waals surface area contributed by atoms with Gasteiger partial charge in [0.1, 0.15) is 23.8 Å². The second kappa shape index (κ2) is 10.0. The molecule has 11 nitrogen and oxygen atoms in total. The van der Waals surface area contributed by atoms with E-state index in [0.29, 0.717) is 22.4 Å². The number of fused-ring (bicyclic) bond motifs is 2. The molecular weight excluding hydrogens is 560 g/mol. The van der Waals surface area contributed by atoms with Crippen LogP contribution in [0.2, 0.25) is 0 Å². The molecule has 5 N–H and O–H groups in total. The van der Waals surface area contributed by atoms with E-state index in [1.165, 1.54) is 33.1 Å². The van der Waals surface area contributed by atoms with E-state index < -0.39 is 47.8 Å². The van der Waals surface area contributed by atoms with E-state index >= 15 is 4.39 Å². The van der Waals surface area contributed by atoms with Crippen LogP contribution < -0.4 is 21.1 Å². The number of hydrogen-bond acceptors (Lipinski definition) is 10. The van der Waals surface area contributed by atoms with Crippen LogP contribution in [0.5, 0.6) is 5.75 Å². The number of ether oxygens (including phenoxy) is 2. The fourth-order valence-electron chi connectivity index (χ4n) is 6.24. The average molecular weight is 589 g/mol. The first-order chi connectivity index (χ1) is 20.0. The minimum absolute atomic E-state index is 0.0749. The van der Waals surface area contributed by atoms with Gasteiger partial charge in [-0.15, -0.1) is 0 Å². The maximum Gasteiger partial charge on any atom is 0.277 e. The Morgan fingerprint density at radius 2 is 1.88 bits per heavy atom. The molecule has 0 radical (unpaired) electrons. The number of alkyl halides is 2. The summed E-state index contributed by atoms with van der Waals surface area (Å²) in [5.41, 5.74) is 12.4. The molecule has 15 heteroatoms. The lowest BCUT2D eigenvalue weighted by atomic mass is 9.79. The van der Waals surface area contributed by atoms with Crippen molar-refractivity contribution in [3.63, 3.8) is 0 Å². The van der Waals surface area contributed by atoms with Gasteiger partial charge < -0.3 is 35.5 Å². The molecule has 222 valence electrons. The summed E-state index contributed by atoms with van der Waals surface area (Å²) in [6, 6.07) is 2.41. The summed E-state index contributed by atoms with van der Waals surface area (Å²) in [6.45, 7) is 0.329. The lowest BCUT2D eigenvalue weighted by Crippen LogP contribution is -2.72. The van der Waals surface area contributed by atoms with Crippen LogP contribution in [0.1, 0.15) is 18.4 Å². The SMILES string of the molecule is COc1cc(F)c(-c2cc(Cn3cnc4c(N)ncnc43)c(N3CCC(OC)[C@@]4(N)C3CC(F)(F)[C@@H]4O)cn2)cc1F. The molecule has 2 unspecified atom stereocenters. The van der Waals surface area contributed by atoms with Crippen LogP contribution >= 0.6 is 0 Å². The van der Waals surface area contributed by atoms with E-state index in [-0.39, 0.29) is 42.3 Å². The molecule has 42 heavy (non-hydrogen) atoms. The fraction of sp³-hybridized carbons (Fsp3) is 0.407. The first-order valence-corrected chi connectivity index (χ1v) is 13.1. The predicted octanol–water partition coefficient (Wildman–Crippen LogP) is 2.50. The number of piperidine rings is 1. The number of nitrogen functional groups attached to an aromatic ring is 1. The Labute approximate surface area is 237 Å². The van der Waals surface area contributed by atoms with Crippen LogP contribution in [0, 0.1) is 11.6 Å². The number of nitrogens with two attached hydrogens (primary N) is 2. The van der Waals surface area contributed by atoms with Crippen LogP contribution in [-0.4, -0.2) is 80.1 Å². The topological polar surface area (TPSA) is 150 Å². The number of aliphatic hydroxyl groups excluding tert-OH is 1. The number of halogens is 4. The third-order valence-corrected chi connectivity index (χ3v) is 8.33. The largest absolute Gasteiger partial charge is 0.494 e. The first kappa shape index (κ1) is 28.1. The number of nitrogens with zero attached hydrogens (tertiary/aromatic N) is 6. The zero-order valence-corrected chi connectivity index (χ0v) is 22.6. The molecule has 0 amide bonds. The van der Waals surface area contributed by atoms with E-state index in [0.717, 1.165) is 12.1 Å². The number of methoxy groups -OCH3 is 2. The maximum atomic E-state index is 15.1. The van der Waals surface area contributed by atoms with E-state index in [1.54, 1.807) is 15.5 Å². The zero-order chi connectivity index (χ0) is 30.0. The van der Waals surface area contributed by atoms with Crippen molar-refractivity contribution in [3.05, 3.63) is 54.2 Å². The average Bonchev–Trinajstić information content (AvgIpc) is 3.46. The highest BCUT2D eigenvalue weighted by molar-refractivity contribution is 5.81. The highest BCUT2D eigenvalue weighted by Crippen LogP contribution is 2.49. The summed E-state index contributed by atoms with van der Waals surface area (Å²) in [5, 5.41) is 10.7. The van der Waals surface area contributed by atoms with Crippen LogP contribution in [0.4, 0.5) is 29.1 Å². The van der Waals surface area contributed by atoms with Gasteiger partial charge in [-0.05, 0) is 24.1 Å². The summed E-state index contributed by atoms with van der Waals surface area (Å²) < 4.78 is 71.6. The lowest BCUT2D eigenvalue weighted by molar-refractivity contribution is -0.126. The van der Waals surface area contributed by atoms with Crippen molar-refractivity contribution in [2.75, 3.05) is 31.4 Å². The molecule has 2 aliphatic rings. The normalized spacial score (nSPS) is 25.1. The Hall–Kier alpha value is -4.08. The molecule has 1 saturated carbocycles. The number of rotatable bonds is 6. The number of aliphatic hydroxyl groups is 1. The molecule has 1 saturated heterocycles. The Kier molecular flexibility index (Phi) is 6.70. The van der Waals surface area contributed by atoms with Crippen molar-refractivity contribution < 1.29 is 32.1 Å². The van der Waals surface area contributed by atoms with Gasteiger partial charge in [-0.2, -0.15) is 0 Å². The van der Waals surface area contributed by atoms with Gasteiger partial charge in [-0.1, -0.05) is 0 Å². The first-order valence-electron chi connectivity index (χ1n) is 13.1. The van der Waals surface area contributed by atoms with E-state index in [4.69, 9.17) is 20.9 Å². The van der Waals surface area contributed by atoms with E-state index in [2.05, 4.69) is 19.9 Å². The quantitative estimate of drug-likeness (QED) is 0.287. The Morgan fingerprint density at radius 1 is 1.10 bits per heavy atom. The monoisotopic (exact) mass is 588 g/mol. The van der Waals surface area contributed by atoms with Crippen molar-refractivity contribution >= 4 is 22.7 Å². The van der Waals surface area contributed by atoms with Gasteiger partial charge in [0, 0.05) is 31.7 Å².